The topological polar surface area (TPSA) is 37.3 Å². The molecule has 0 aliphatic carbocycles. The molecule has 0 saturated heterocycles. The average molecular weight is 275 g/mol. The summed E-state index contributed by atoms with van der Waals surface area (Å²) in [6, 6.07) is 7.67. The Bertz CT molecular complexity index is 328. The molecule has 1 rings (SSSR count). The van der Waals surface area contributed by atoms with Gasteiger partial charge in [0.15, 0.2) is 0 Å². The second-order valence-electron chi connectivity index (χ2n) is 2.81. The summed E-state index contributed by atoms with van der Waals surface area (Å²) in [5.41, 5.74) is 0. The Morgan fingerprint density at radius 1 is 1.64 bits per heavy atom. The van der Waals surface area contributed by atoms with E-state index >= 15 is 0 Å². The number of halogens is 1. The average Bonchev–Trinajstić information content (AvgIpc) is 2.14. The summed E-state index contributed by atoms with van der Waals surface area (Å²) >= 11 is 4.73. The lowest BCUT2D eigenvalue weighted by atomic mass is 10.3. The Kier molecular flexibility index (Phi) is 4.48. The van der Waals surface area contributed by atoms with Crippen LogP contribution in [0.1, 0.15) is 13.3 Å². The van der Waals surface area contributed by atoms with E-state index in [4.69, 9.17) is 5.11 Å². The number of carbonyl (C=O) groups is 1. The van der Waals surface area contributed by atoms with Crippen LogP contribution < -0.4 is 0 Å². The van der Waals surface area contributed by atoms with Crippen LogP contribution in [0.15, 0.2) is 33.6 Å². The number of rotatable bonds is 4. The quantitative estimate of drug-likeness (QED) is 0.856. The molecule has 0 heterocycles. The zero-order valence-corrected chi connectivity index (χ0v) is 10.1. The van der Waals surface area contributed by atoms with Crippen molar-refractivity contribution in [2.24, 2.45) is 0 Å². The molecule has 1 atom stereocenters. The molecule has 1 aromatic carbocycles. The number of aliphatic carboxylic acids is 1. The van der Waals surface area contributed by atoms with Crippen LogP contribution in [0.25, 0.3) is 0 Å². The number of carboxylic acid groups (broad SMARTS) is 1. The first-order valence-corrected chi connectivity index (χ1v) is 5.95. The van der Waals surface area contributed by atoms with Crippen molar-refractivity contribution in [1.29, 1.82) is 0 Å². The monoisotopic (exact) mass is 274 g/mol. The van der Waals surface area contributed by atoms with Crippen molar-refractivity contribution < 1.29 is 9.90 Å². The fourth-order valence-electron chi connectivity index (χ4n) is 1.01. The van der Waals surface area contributed by atoms with Crippen LogP contribution in [0.4, 0.5) is 0 Å². The second kappa shape index (κ2) is 5.41. The molecule has 0 fully saturated rings. The summed E-state index contributed by atoms with van der Waals surface area (Å²) in [7, 11) is 0. The van der Waals surface area contributed by atoms with Crippen molar-refractivity contribution in [3.05, 3.63) is 28.7 Å². The SMILES string of the molecule is CCC(Sc1cccc(Br)c1)C(=O)O. The Morgan fingerprint density at radius 2 is 2.36 bits per heavy atom. The van der Waals surface area contributed by atoms with Gasteiger partial charge in [-0.1, -0.05) is 28.9 Å². The van der Waals surface area contributed by atoms with E-state index < -0.39 is 5.97 Å². The number of thioether (sulfide) groups is 1. The molecule has 2 nitrogen and oxygen atoms in total. The minimum Gasteiger partial charge on any atom is -0.480 e. The van der Waals surface area contributed by atoms with Gasteiger partial charge >= 0.3 is 5.97 Å². The maximum Gasteiger partial charge on any atom is 0.316 e. The van der Waals surface area contributed by atoms with Gasteiger partial charge in [-0.15, -0.1) is 11.8 Å². The van der Waals surface area contributed by atoms with Crippen LogP contribution in [0, 0.1) is 0 Å². The molecule has 0 bridgehead atoms. The highest BCUT2D eigenvalue weighted by molar-refractivity contribution is 9.10. The number of benzene rings is 1. The molecule has 0 saturated carbocycles. The van der Waals surface area contributed by atoms with Crippen molar-refractivity contribution in [3.8, 4) is 0 Å². The Labute approximate surface area is 95.8 Å². The second-order valence-corrected chi connectivity index (χ2v) is 5.00. The third-order valence-electron chi connectivity index (χ3n) is 1.72. The molecule has 0 aromatic heterocycles. The molecule has 0 aliphatic heterocycles. The van der Waals surface area contributed by atoms with Gasteiger partial charge in [0.1, 0.15) is 5.25 Å². The smallest absolute Gasteiger partial charge is 0.316 e. The maximum atomic E-state index is 10.8. The van der Waals surface area contributed by atoms with E-state index in [1.807, 2.05) is 31.2 Å². The summed E-state index contributed by atoms with van der Waals surface area (Å²) in [4.78, 5) is 11.8. The first-order chi connectivity index (χ1) is 6.63. The Hall–Kier alpha value is -0.480. The lowest BCUT2D eigenvalue weighted by Crippen LogP contribution is -2.14. The third kappa shape index (κ3) is 3.35. The Balaban J connectivity index is 2.72. The van der Waals surface area contributed by atoms with Gasteiger partial charge in [0.05, 0.1) is 0 Å². The third-order valence-corrected chi connectivity index (χ3v) is 3.56. The van der Waals surface area contributed by atoms with Crippen LogP contribution in [0.5, 0.6) is 0 Å². The van der Waals surface area contributed by atoms with Crippen LogP contribution in [-0.2, 0) is 4.79 Å². The van der Waals surface area contributed by atoms with E-state index in [0.717, 1.165) is 9.37 Å². The fourth-order valence-corrected chi connectivity index (χ4v) is 2.51. The molecule has 0 spiro atoms. The molecule has 1 aromatic rings. The van der Waals surface area contributed by atoms with Crippen LogP contribution in [0.3, 0.4) is 0 Å². The van der Waals surface area contributed by atoms with Gasteiger partial charge in [0, 0.05) is 9.37 Å². The highest BCUT2D eigenvalue weighted by Crippen LogP contribution is 2.27. The van der Waals surface area contributed by atoms with Crippen molar-refractivity contribution >= 4 is 33.7 Å². The van der Waals surface area contributed by atoms with Crippen molar-refractivity contribution in [3.63, 3.8) is 0 Å². The van der Waals surface area contributed by atoms with Crippen molar-refractivity contribution in [2.75, 3.05) is 0 Å². The molecule has 14 heavy (non-hydrogen) atoms. The van der Waals surface area contributed by atoms with Gasteiger partial charge in [-0.05, 0) is 24.6 Å². The largest absolute Gasteiger partial charge is 0.480 e. The predicted molar refractivity (Wildman–Crippen MR) is 61.7 cm³/mol. The van der Waals surface area contributed by atoms with Gasteiger partial charge in [0.25, 0.3) is 0 Å². The lowest BCUT2D eigenvalue weighted by Gasteiger charge is -2.08. The van der Waals surface area contributed by atoms with Gasteiger partial charge in [0.2, 0.25) is 0 Å². The van der Waals surface area contributed by atoms with Gasteiger partial charge < -0.3 is 5.11 Å². The van der Waals surface area contributed by atoms with Crippen LogP contribution >= 0.6 is 27.7 Å². The molecule has 1 N–H and O–H groups in total. The number of hydrogen-bond donors (Lipinski definition) is 1. The first-order valence-electron chi connectivity index (χ1n) is 4.28. The Morgan fingerprint density at radius 3 is 2.86 bits per heavy atom. The van der Waals surface area contributed by atoms with E-state index in [0.29, 0.717) is 6.42 Å². The summed E-state index contributed by atoms with van der Waals surface area (Å²) in [5.74, 6) is -0.752. The fraction of sp³-hybridized carbons (Fsp3) is 0.300. The van der Waals surface area contributed by atoms with E-state index in [1.54, 1.807) is 0 Å². The number of carboxylic acids is 1. The molecule has 0 aliphatic rings. The molecule has 1 unspecified atom stereocenters. The molecule has 0 radical (unpaired) electrons. The molecule has 0 amide bonds. The van der Waals surface area contributed by atoms with Gasteiger partial charge in [-0.3, -0.25) is 4.79 Å². The van der Waals surface area contributed by atoms with Crippen LogP contribution in [-0.4, -0.2) is 16.3 Å². The standard InChI is InChI=1S/C10H11BrO2S/c1-2-9(10(12)13)14-8-5-3-4-7(11)6-8/h3-6,9H,2H2,1H3,(H,12,13). The van der Waals surface area contributed by atoms with E-state index in [-0.39, 0.29) is 5.25 Å². The minimum absolute atomic E-state index is 0.357. The lowest BCUT2D eigenvalue weighted by molar-refractivity contribution is -0.136. The normalized spacial score (nSPS) is 12.4. The highest BCUT2D eigenvalue weighted by atomic mass is 79.9. The summed E-state index contributed by atoms with van der Waals surface area (Å²) in [6.07, 6.45) is 0.631. The summed E-state index contributed by atoms with van der Waals surface area (Å²) < 4.78 is 0.975. The highest BCUT2D eigenvalue weighted by Gasteiger charge is 2.15. The van der Waals surface area contributed by atoms with Gasteiger partial charge in [-0.2, -0.15) is 0 Å². The van der Waals surface area contributed by atoms with Crippen molar-refractivity contribution in [1.82, 2.24) is 0 Å². The number of hydrogen-bond acceptors (Lipinski definition) is 2. The minimum atomic E-state index is -0.752. The zero-order valence-electron chi connectivity index (χ0n) is 7.74. The molecular formula is C10H11BrO2S. The first kappa shape index (κ1) is 11.6. The summed E-state index contributed by atoms with van der Waals surface area (Å²) in [6.45, 7) is 1.88. The molecule has 76 valence electrons. The van der Waals surface area contributed by atoms with Gasteiger partial charge in [-0.25, -0.2) is 0 Å². The maximum absolute atomic E-state index is 10.8. The predicted octanol–water partition coefficient (Wildman–Crippen LogP) is 3.40. The summed E-state index contributed by atoms with van der Waals surface area (Å²) in [5, 5.41) is 8.51. The van der Waals surface area contributed by atoms with E-state index in [2.05, 4.69) is 15.9 Å². The van der Waals surface area contributed by atoms with E-state index in [1.165, 1.54) is 11.8 Å². The van der Waals surface area contributed by atoms with Crippen molar-refractivity contribution in [2.45, 2.75) is 23.5 Å². The van der Waals surface area contributed by atoms with E-state index in [9.17, 15) is 4.79 Å². The van der Waals surface area contributed by atoms with Crippen LogP contribution in [0.2, 0.25) is 0 Å². The molecular weight excluding hydrogens is 264 g/mol. The zero-order chi connectivity index (χ0) is 10.6. The molecule has 4 heteroatoms.